The first-order valence-corrected chi connectivity index (χ1v) is 18.6. The highest BCUT2D eigenvalue weighted by molar-refractivity contribution is 5.73. The van der Waals surface area contributed by atoms with E-state index in [9.17, 15) is 35.4 Å². The van der Waals surface area contributed by atoms with Crippen molar-refractivity contribution in [2.24, 2.45) is 23.7 Å². The van der Waals surface area contributed by atoms with E-state index in [4.69, 9.17) is 28.4 Å². The van der Waals surface area contributed by atoms with Crippen molar-refractivity contribution in [3.8, 4) is 0 Å². The highest BCUT2D eigenvalue weighted by Crippen LogP contribution is 2.41. The van der Waals surface area contributed by atoms with Gasteiger partial charge in [0.25, 0.3) is 0 Å². The zero-order valence-corrected chi connectivity index (χ0v) is 33.1. The maximum Gasteiger partial charge on any atom is 0.311 e. The third kappa shape index (κ3) is 9.63. The molecule has 3 rings (SSSR count). The number of rotatable bonds is 7. The molecule has 0 aromatic heterocycles. The van der Waals surface area contributed by atoms with Crippen LogP contribution in [0.15, 0.2) is 0 Å². The van der Waals surface area contributed by atoms with Gasteiger partial charge in [-0.25, -0.2) is 0 Å². The summed E-state index contributed by atoms with van der Waals surface area (Å²) >= 11 is 0. The SMILES string of the molecule is CC[C@H]1OC(=O)[C@H](C)[C@@H](OC2C[C@@](C)(OC)[C@@H](O)[C@H](C)O2)[C@H](C)[C@@H](OC2O[C@H](C)C[C@H](N(C)C)[C@H]2O)[C@](C)(O)C[C@@H](C)[C@H](O)[C@H](C)[C@@H](O)[C@]1(C)O. The molecule has 3 heterocycles. The van der Waals surface area contributed by atoms with Gasteiger partial charge >= 0.3 is 5.97 Å². The van der Waals surface area contributed by atoms with Gasteiger partial charge in [0.2, 0.25) is 0 Å². The molecule has 19 atom stereocenters. The van der Waals surface area contributed by atoms with E-state index in [0.717, 1.165) is 0 Å². The number of aliphatic hydroxyl groups is 6. The molecule has 0 aromatic carbocycles. The van der Waals surface area contributed by atoms with Crippen molar-refractivity contribution >= 4 is 5.97 Å². The Morgan fingerprint density at radius 1 is 0.863 bits per heavy atom. The number of nitrogens with zero attached hydrogens (tertiary/aromatic N) is 1. The number of cyclic esters (lactones) is 1. The molecule has 0 bridgehead atoms. The van der Waals surface area contributed by atoms with Crippen molar-refractivity contribution in [3.05, 3.63) is 0 Å². The van der Waals surface area contributed by atoms with Gasteiger partial charge in [-0.2, -0.15) is 0 Å². The lowest BCUT2D eigenvalue weighted by Crippen LogP contribution is -2.61. The van der Waals surface area contributed by atoms with E-state index in [1.54, 1.807) is 55.4 Å². The largest absolute Gasteiger partial charge is 0.459 e. The minimum absolute atomic E-state index is 0.0362. The number of aliphatic hydroxyl groups excluding tert-OH is 4. The molecule has 0 amide bonds. The molecule has 3 aliphatic heterocycles. The molecule has 0 radical (unpaired) electrons. The van der Waals surface area contributed by atoms with E-state index in [2.05, 4.69) is 0 Å². The fourth-order valence-corrected chi connectivity index (χ4v) is 8.59. The summed E-state index contributed by atoms with van der Waals surface area (Å²) in [6.45, 7) is 16.7. The smallest absolute Gasteiger partial charge is 0.311 e. The van der Waals surface area contributed by atoms with Gasteiger partial charge in [-0.1, -0.05) is 27.7 Å². The van der Waals surface area contributed by atoms with Crippen LogP contribution in [-0.4, -0.2) is 153 Å². The van der Waals surface area contributed by atoms with E-state index in [0.29, 0.717) is 6.42 Å². The Bertz CT molecular complexity index is 1120. The minimum Gasteiger partial charge on any atom is -0.459 e. The van der Waals surface area contributed by atoms with Crippen molar-refractivity contribution in [1.29, 1.82) is 0 Å². The second kappa shape index (κ2) is 17.2. The fraction of sp³-hybridized carbons (Fsp3) is 0.973. The maximum absolute atomic E-state index is 14.1. The topological polar surface area (TPSA) is 197 Å². The first-order chi connectivity index (χ1) is 23.4. The number of likely N-dealkylation sites (N-methyl/N-ethyl adjacent to an activating group) is 1. The number of ether oxygens (including phenoxy) is 6. The van der Waals surface area contributed by atoms with Crippen LogP contribution in [0.25, 0.3) is 0 Å². The first kappa shape index (κ1) is 44.4. The van der Waals surface area contributed by atoms with Crippen LogP contribution in [0, 0.1) is 23.7 Å². The van der Waals surface area contributed by atoms with Crippen LogP contribution in [0.5, 0.6) is 0 Å². The molecule has 51 heavy (non-hydrogen) atoms. The summed E-state index contributed by atoms with van der Waals surface area (Å²) in [7, 11) is 5.20. The molecule has 3 saturated heterocycles. The summed E-state index contributed by atoms with van der Waals surface area (Å²) in [5.41, 5.74) is -4.71. The highest BCUT2D eigenvalue weighted by Gasteiger charge is 2.53. The third-order valence-electron chi connectivity index (χ3n) is 12.0. The summed E-state index contributed by atoms with van der Waals surface area (Å²) in [5.74, 6) is -4.11. The lowest BCUT2D eigenvalue weighted by Gasteiger charge is -2.49. The van der Waals surface area contributed by atoms with Crippen molar-refractivity contribution in [2.45, 2.75) is 185 Å². The summed E-state index contributed by atoms with van der Waals surface area (Å²) < 4.78 is 37.2. The average Bonchev–Trinajstić information content (AvgIpc) is 3.05. The number of esters is 1. The Labute approximate surface area is 304 Å². The molecule has 0 aromatic rings. The van der Waals surface area contributed by atoms with Crippen molar-refractivity contribution in [1.82, 2.24) is 4.90 Å². The van der Waals surface area contributed by atoms with Crippen molar-refractivity contribution < 1.29 is 63.9 Å². The lowest BCUT2D eigenvalue weighted by atomic mass is 9.73. The molecule has 300 valence electrons. The molecule has 14 heteroatoms. The van der Waals surface area contributed by atoms with E-state index in [1.807, 2.05) is 25.9 Å². The molecular weight excluding hydrogens is 666 g/mol. The van der Waals surface area contributed by atoms with E-state index in [1.165, 1.54) is 14.0 Å². The van der Waals surface area contributed by atoms with Crippen LogP contribution in [0.1, 0.15) is 94.9 Å². The van der Waals surface area contributed by atoms with Gasteiger partial charge < -0.3 is 64.0 Å². The molecular formula is C37H69NO13. The van der Waals surface area contributed by atoms with Crippen LogP contribution in [0.3, 0.4) is 0 Å². The normalized spacial score (nSPS) is 51.2. The summed E-state index contributed by atoms with van der Waals surface area (Å²) in [4.78, 5) is 16.0. The number of carbonyl (C=O) groups is 1. The molecule has 0 saturated carbocycles. The number of hydrogen-bond donors (Lipinski definition) is 6. The average molecular weight is 736 g/mol. The number of hydrogen-bond acceptors (Lipinski definition) is 14. The molecule has 14 nitrogen and oxygen atoms in total. The standard InChI is InChI=1S/C37H69NO13/c1-14-25-37(10,45)30(41)20(4)27(39)18(2)16-35(8,44)32(51-34-28(40)24(38(11)12)15-19(3)47-34)21(5)29(22(6)33(43)49-25)50-26-17-36(9,46-13)31(42)23(7)48-26/h18-32,34,39-42,44-45H,14-17H2,1-13H3/t18-,19-,20+,21+,22-,23+,24+,25-,26?,27+,28-,29+,30-,31+,32-,34?,35-,36-,37-/m1/s1. The Morgan fingerprint density at radius 3 is 2.02 bits per heavy atom. The fourth-order valence-electron chi connectivity index (χ4n) is 8.59. The Balaban J connectivity index is 2.18. The highest BCUT2D eigenvalue weighted by atomic mass is 16.7. The van der Waals surface area contributed by atoms with Crippen molar-refractivity contribution in [2.75, 3.05) is 21.2 Å². The van der Waals surface area contributed by atoms with Gasteiger partial charge in [0.05, 0.1) is 53.7 Å². The van der Waals surface area contributed by atoms with Crippen LogP contribution < -0.4 is 0 Å². The Morgan fingerprint density at radius 2 is 1.47 bits per heavy atom. The van der Waals surface area contributed by atoms with Gasteiger partial charge in [0, 0.05) is 31.4 Å². The van der Waals surface area contributed by atoms with Gasteiger partial charge in [-0.05, 0) is 80.8 Å². The van der Waals surface area contributed by atoms with Gasteiger partial charge in [-0.15, -0.1) is 0 Å². The second-order valence-electron chi connectivity index (χ2n) is 16.7. The van der Waals surface area contributed by atoms with Crippen LogP contribution in [0.2, 0.25) is 0 Å². The van der Waals surface area contributed by atoms with E-state index < -0.39 is 108 Å². The molecule has 3 aliphatic rings. The van der Waals surface area contributed by atoms with Gasteiger partial charge in [0.15, 0.2) is 12.6 Å². The zero-order valence-electron chi connectivity index (χ0n) is 33.1. The molecule has 0 aliphatic carbocycles. The predicted octanol–water partition coefficient (Wildman–Crippen LogP) is 1.58. The van der Waals surface area contributed by atoms with Crippen molar-refractivity contribution in [3.63, 3.8) is 0 Å². The lowest BCUT2D eigenvalue weighted by molar-refractivity contribution is -0.318. The Hall–Kier alpha value is -1.01. The molecule has 6 N–H and O–H groups in total. The monoisotopic (exact) mass is 735 g/mol. The predicted molar refractivity (Wildman–Crippen MR) is 187 cm³/mol. The van der Waals surface area contributed by atoms with Crippen LogP contribution >= 0.6 is 0 Å². The summed E-state index contributed by atoms with van der Waals surface area (Å²) in [5, 5.41) is 69.3. The van der Waals surface area contributed by atoms with Crippen LogP contribution in [-0.2, 0) is 33.2 Å². The quantitative estimate of drug-likeness (QED) is 0.206. The molecule has 2 unspecified atom stereocenters. The summed E-state index contributed by atoms with van der Waals surface area (Å²) in [6, 6.07) is -0.310. The number of methoxy groups -OCH3 is 1. The van der Waals surface area contributed by atoms with Gasteiger partial charge in [-0.3, -0.25) is 4.79 Å². The third-order valence-corrected chi connectivity index (χ3v) is 12.0. The zero-order chi connectivity index (χ0) is 39.0. The second-order valence-corrected chi connectivity index (χ2v) is 16.7. The first-order valence-electron chi connectivity index (χ1n) is 18.6. The van der Waals surface area contributed by atoms with Gasteiger partial charge in [0.1, 0.15) is 23.9 Å². The van der Waals surface area contributed by atoms with E-state index in [-0.39, 0.29) is 31.4 Å². The van der Waals surface area contributed by atoms with E-state index >= 15 is 0 Å². The van der Waals surface area contributed by atoms with Crippen LogP contribution in [0.4, 0.5) is 0 Å². The minimum atomic E-state index is -1.93. The maximum atomic E-state index is 14.1. The summed E-state index contributed by atoms with van der Waals surface area (Å²) in [6.07, 6.45) is -10.5. The molecule has 3 fully saturated rings. The Kier molecular flexibility index (Phi) is 15.0. The number of carbonyl (C=O) groups excluding carboxylic acids is 1. The molecule has 0 spiro atoms.